The summed E-state index contributed by atoms with van der Waals surface area (Å²) < 4.78 is 0.653. The van der Waals surface area contributed by atoms with E-state index in [9.17, 15) is 0 Å². The topological polar surface area (TPSA) is 60.7 Å². The maximum absolute atomic E-state index is 8.62. The van der Waals surface area contributed by atoms with Crippen molar-refractivity contribution in [2.75, 3.05) is 16.2 Å². The molecule has 3 unspecified atom stereocenters. The van der Waals surface area contributed by atoms with Crippen molar-refractivity contribution in [2.45, 2.75) is 2.28 Å². The molecule has 0 heterocycles. The summed E-state index contributed by atoms with van der Waals surface area (Å²) in [4.78, 5) is 0. The van der Waals surface area contributed by atoms with Crippen LogP contribution in [0.25, 0.3) is 0 Å². The van der Waals surface area contributed by atoms with E-state index in [4.69, 9.17) is 15.3 Å². The molecule has 0 aliphatic heterocycles. The van der Waals surface area contributed by atoms with Crippen molar-refractivity contribution in [1.29, 1.82) is 0 Å². The molecule has 10 heavy (non-hydrogen) atoms. The first-order valence-corrected chi connectivity index (χ1v) is 11.0. The molecule has 0 aromatic heterocycles. The van der Waals surface area contributed by atoms with Crippen LogP contribution < -0.4 is 0 Å². The number of hydrogen-bond acceptors (Lipinski definition) is 3. The van der Waals surface area contributed by atoms with Crippen molar-refractivity contribution in [2.24, 2.45) is 0 Å². The Morgan fingerprint density at radius 2 is 1.10 bits per heavy atom. The van der Waals surface area contributed by atoms with Gasteiger partial charge in [0.15, 0.2) is 0 Å². The summed E-state index contributed by atoms with van der Waals surface area (Å²) in [5.74, 6) is 0. The Morgan fingerprint density at radius 1 is 0.800 bits per heavy atom. The van der Waals surface area contributed by atoms with E-state index in [-0.39, 0.29) is 47.3 Å². The van der Waals surface area contributed by atoms with Crippen LogP contribution in [-0.4, -0.2) is 78.8 Å². The molecule has 3 atom stereocenters. The molecule has 0 aliphatic carbocycles. The van der Waals surface area contributed by atoms with Crippen molar-refractivity contribution in [3.8, 4) is 0 Å². The van der Waals surface area contributed by atoms with Crippen LogP contribution in [0.1, 0.15) is 0 Å². The second-order valence-electron chi connectivity index (χ2n) is 1.52. The molecule has 3 N–H and O–H groups in total. The fourth-order valence-corrected chi connectivity index (χ4v) is 13.2. The molecule has 0 spiro atoms. The third-order valence-electron chi connectivity index (χ3n) is 0.886. The van der Waals surface area contributed by atoms with Crippen molar-refractivity contribution >= 4 is 47.3 Å². The molecule has 0 radical (unpaired) electrons. The second-order valence-corrected chi connectivity index (χ2v) is 17.3. The van der Waals surface area contributed by atoms with Crippen LogP contribution in [0.2, 0.25) is 2.28 Å². The van der Waals surface area contributed by atoms with E-state index >= 15 is 0 Å². The normalized spacial score (nSPS) is 17.1. The van der Waals surface area contributed by atoms with Crippen LogP contribution in [0.3, 0.4) is 0 Å². The fraction of sp³-hybridized carbons (Fsp3) is 1.00. The Kier molecular flexibility index (Phi) is 10.00. The van der Waals surface area contributed by atoms with Gasteiger partial charge in [0.05, 0.1) is 0 Å². The van der Waals surface area contributed by atoms with Gasteiger partial charge in [-0.15, -0.1) is 0 Å². The van der Waals surface area contributed by atoms with Crippen LogP contribution in [-0.2, 0) is 0 Å². The summed E-state index contributed by atoms with van der Waals surface area (Å²) in [7, 11) is 0. The average Bonchev–Trinajstić information content (AvgIpc) is 1.90. The Balaban J connectivity index is 3.30. The Bertz CT molecular complexity index is 58.5. The summed E-state index contributed by atoms with van der Waals surface area (Å²) in [6.07, 6.45) is 0. The van der Waals surface area contributed by atoms with Gasteiger partial charge in [0.25, 0.3) is 0 Å². The van der Waals surface area contributed by atoms with E-state index in [1.54, 1.807) is 0 Å². The summed E-state index contributed by atoms with van der Waals surface area (Å²) in [6.45, 7) is 0. The first-order chi connectivity index (χ1) is 4.85. The Hall–Kier alpha value is 1.56. The molecule has 0 aliphatic rings. The zero-order chi connectivity index (χ0) is 7.82. The molecule has 0 rings (SSSR count). The molecule has 62 valence electrons. The number of aliphatic hydroxyl groups excluding tert-OH is 3. The summed E-state index contributed by atoms with van der Waals surface area (Å²) in [5.41, 5.74) is 0. The zero-order valence-electron chi connectivity index (χ0n) is 5.54. The van der Waals surface area contributed by atoms with Gasteiger partial charge < -0.3 is 0 Å². The molecular formula is C4H13As3O3. The predicted octanol–water partition coefficient (Wildman–Crippen LogP) is -3.15. The molecule has 3 nitrogen and oxygen atoms in total. The van der Waals surface area contributed by atoms with E-state index in [1.807, 2.05) is 0 Å². The van der Waals surface area contributed by atoms with Crippen molar-refractivity contribution < 1.29 is 15.3 Å². The molecule has 6 heteroatoms. The predicted molar refractivity (Wildman–Crippen MR) is 46.5 cm³/mol. The van der Waals surface area contributed by atoms with Crippen molar-refractivity contribution in [3.05, 3.63) is 0 Å². The van der Waals surface area contributed by atoms with Gasteiger partial charge in [0.2, 0.25) is 0 Å². The van der Waals surface area contributed by atoms with E-state index in [2.05, 4.69) is 0 Å². The van der Waals surface area contributed by atoms with Gasteiger partial charge in [-0.25, -0.2) is 0 Å². The van der Waals surface area contributed by atoms with Gasteiger partial charge in [0, 0.05) is 0 Å². The fourth-order valence-electron chi connectivity index (χ4n) is 0.490. The minimum absolute atomic E-state index is 0.226. The number of hydrogen-bond donors (Lipinski definition) is 3. The summed E-state index contributed by atoms with van der Waals surface area (Å²) in [5, 5.41) is 26.9. The van der Waals surface area contributed by atoms with Gasteiger partial charge >= 0.3 is 81.0 Å². The van der Waals surface area contributed by atoms with Crippen LogP contribution in [0, 0.1) is 0 Å². The van der Waals surface area contributed by atoms with Gasteiger partial charge in [-0.3, -0.25) is 0 Å². The van der Waals surface area contributed by atoms with Gasteiger partial charge in [-0.2, -0.15) is 0 Å². The molecule has 0 bridgehead atoms. The molecular weight excluding hydrogens is 321 g/mol. The van der Waals surface area contributed by atoms with E-state index in [0.717, 1.165) is 0 Å². The van der Waals surface area contributed by atoms with Crippen LogP contribution in [0.15, 0.2) is 0 Å². The Labute approximate surface area is 80.6 Å². The molecule has 0 fully saturated rings. The number of rotatable bonds is 6. The van der Waals surface area contributed by atoms with E-state index < -0.39 is 0 Å². The molecule has 0 aromatic carbocycles. The van der Waals surface area contributed by atoms with Gasteiger partial charge in [0.1, 0.15) is 0 Å². The average molecular weight is 334 g/mol. The minimum atomic E-state index is -0.226. The van der Waals surface area contributed by atoms with Crippen LogP contribution in [0.5, 0.6) is 0 Å². The van der Waals surface area contributed by atoms with Crippen LogP contribution in [0.4, 0.5) is 0 Å². The zero-order valence-corrected chi connectivity index (χ0v) is 11.8. The summed E-state index contributed by atoms with van der Waals surface area (Å²) in [6, 6.07) is 0. The van der Waals surface area contributed by atoms with Gasteiger partial charge in [-0.1, -0.05) is 0 Å². The third-order valence-corrected chi connectivity index (χ3v) is 18.0. The standard InChI is InChI=1S/C4H13As3O3/c8-1-5-4(6-2-9)7-3-10/h4-10H,1-3H2. The molecule has 0 saturated carbocycles. The molecule has 0 amide bonds. The van der Waals surface area contributed by atoms with Gasteiger partial charge in [-0.05, 0) is 0 Å². The van der Waals surface area contributed by atoms with Crippen molar-refractivity contribution in [3.63, 3.8) is 0 Å². The first kappa shape index (κ1) is 11.6. The maximum atomic E-state index is 8.62. The van der Waals surface area contributed by atoms with Crippen LogP contribution >= 0.6 is 0 Å². The monoisotopic (exact) mass is 334 g/mol. The summed E-state index contributed by atoms with van der Waals surface area (Å²) >= 11 is -0.679. The first-order valence-electron chi connectivity index (χ1n) is 2.88. The second kappa shape index (κ2) is 8.65. The quantitative estimate of drug-likeness (QED) is 0.450. The van der Waals surface area contributed by atoms with Crippen molar-refractivity contribution in [1.82, 2.24) is 0 Å². The molecule has 0 aromatic rings. The van der Waals surface area contributed by atoms with E-state index in [0.29, 0.717) is 18.5 Å². The Morgan fingerprint density at radius 3 is 1.30 bits per heavy atom. The molecule has 0 saturated heterocycles. The number of aliphatic hydroxyl groups is 3. The third kappa shape index (κ3) is 6.28. The SMILES string of the molecule is OC[AsH]C([AsH]CO)[AsH]CO. The van der Waals surface area contributed by atoms with E-state index in [1.165, 1.54) is 0 Å².